The van der Waals surface area contributed by atoms with E-state index in [4.69, 9.17) is 18.9 Å². The molecule has 0 saturated carbocycles. The maximum atomic E-state index is 12.6. The van der Waals surface area contributed by atoms with Gasteiger partial charge < -0.3 is 18.9 Å². The Hall–Kier alpha value is -3.68. The zero-order valence-corrected chi connectivity index (χ0v) is 27.5. The van der Waals surface area contributed by atoms with Gasteiger partial charge in [0.1, 0.15) is 0 Å². The standard InChI is InChI=1S/C24H38O4.C12H14O4/c1-5-9-13-19(7-3)17-27-23(25)21-15-11-12-16-22(21)24(26)28-18-20(8-4)14-10-6-2;1-3-15-11(13)9-7-5-6-8-10(9)12(14)16-4-2/h11-12,15-16,19-20H,5-10,13-14,17-18H2,1-4H3;5-8H,3-4H2,1-2H3. The Balaban J connectivity index is 0.000000511. The highest BCUT2D eigenvalue weighted by atomic mass is 16.5. The second kappa shape index (κ2) is 22.8. The normalized spacial score (nSPS) is 11.8. The number of carbonyl (C=O) groups excluding carboxylic acids is 4. The van der Waals surface area contributed by atoms with Crippen LogP contribution in [-0.2, 0) is 18.9 Å². The lowest BCUT2D eigenvalue weighted by Crippen LogP contribution is -2.19. The molecule has 0 aliphatic carbocycles. The third-order valence-corrected chi connectivity index (χ3v) is 7.27. The third-order valence-electron chi connectivity index (χ3n) is 7.27. The van der Waals surface area contributed by atoms with Crippen molar-refractivity contribution in [2.75, 3.05) is 26.4 Å². The van der Waals surface area contributed by atoms with Crippen LogP contribution >= 0.6 is 0 Å². The van der Waals surface area contributed by atoms with E-state index in [9.17, 15) is 19.2 Å². The van der Waals surface area contributed by atoms with E-state index in [0.717, 1.165) is 51.4 Å². The smallest absolute Gasteiger partial charge is 0.339 e. The van der Waals surface area contributed by atoms with Gasteiger partial charge >= 0.3 is 23.9 Å². The molecule has 0 heterocycles. The molecule has 2 aromatic rings. The molecule has 0 aliphatic heterocycles. The molecule has 0 aliphatic rings. The van der Waals surface area contributed by atoms with Crippen molar-refractivity contribution in [3.05, 3.63) is 70.8 Å². The van der Waals surface area contributed by atoms with Crippen molar-refractivity contribution >= 4 is 23.9 Å². The molecule has 244 valence electrons. The lowest BCUT2D eigenvalue weighted by molar-refractivity contribution is 0.0381. The van der Waals surface area contributed by atoms with Gasteiger partial charge in [0.15, 0.2) is 0 Å². The SMILES string of the molecule is CCCCC(CC)COC(=O)c1ccccc1C(=O)OCC(CC)CCCC.CCOC(=O)c1ccccc1C(=O)OCC. The van der Waals surface area contributed by atoms with E-state index in [1.807, 2.05) is 0 Å². The lowest BCUT2D eigenvalue weighted by Gasteiger charge is -2.17. The summed E-state index contributed by atoms with van der Waals surface area (Å²) in [6, 6.07) is 13.2. The zero-order chi connectivity index (χ0) is 32.7. The predicted octanol–water partition coefficient (Wildman–Crippen LogP) is 8.47. The molecule has 0 amide bonds. The van der Waals surface area contributed by atoms with Crippen LogP contribution in [0.2, 0.25) is 0 Å². The van der Waals surface area contributed by atoms with Crippen molar-refractivity contribution in [2.24, 2.45) is 11.8 Å². The molecule has 2 unspecified atom stereocenters. The summed E-state index contributed by atoms with van der Waals surface area (Å²) in [4.78, 5) is 48.2. The zero-order valence-electron chi connectivity index (χ0n) is 27.5. The summed E-state index contributed by atoms with van der Waals surface area (Å²) in [5.41, 5.74) is 1.06. The first-order valence-electron chi connectivity index (χ1n) is 16.1. The minimum Gasteiger partial charge on any atom is -0.462 e. The fourth-order valence-corrected chi connectivity index (χ4v) is 4.43. The van der Waals surface area contributed by atoms with E-state index in [-0.39, 0.29) is 24.3 Å². The van der Waals surface area contributed by atoms with Crippen LogP contribution in [0.25, 0.3) is 0 Å². The molecule has 44 heavy (non-hydrogen) atoms. The van der Waals surface area contributed by atoms with Crippen LogP contribution < -0.4 is 0 Å². The van der Waals surface area contributed by atoms with E-state index in [2.05, 4.69) is 27.7 Å². The fraction of sp³-hybridized carbons (Fsp3) is 0.556. The number of unbranched alkanes of at least 4 members (excludes halogenated alkanes) is 2. The first-order chi connectivity index (χ1) is 21.3. The highest BCUT2D eigenvalue weighted by Gasteiger charge is 2.21. The Kier molecular flexibility index (Phi) is 19.9. The van der Waals surface area contributed by atoms with Gasteiger partial charge in [-0.1, -0.05) is 90.5 Å². The largest absolute Gasteiger partial charge is 0.462 e. The van der Waals surface area contributed by atoms with Crippen molar-refractivity contribution in [1.82, 2.24) is 0 Å². The average Bonchev–Trinajstić information content (AvgIpc) is 3.05. The summed E-state index contributed by atoms with van der Waals surface area (Å²) < 4.78 is 20.7. The van der Waals surface area contributed by atoms with Gasteiger partial charge in [0, 0.05) is 0 Å². The van der Waals surface area contributed by atoms with Crippen molar-refractivity contribution in [1.29, 1.82) is 0 Å². The molecule has 2 rings (SSSR count). The van der Waals surface area contributed by atoms with Crippen LogP contribution in [0.1, 0.15) is 134 Å². The summed E-state index contributed by atoms with van der Waals surface area (Å²) in [6.45, 7) is 13.3. The minimum atomic E-state index is -0.508. The molecule has 2 aromatic carbocycles. The molecule has 0 saturated heterocycles. The monoisotopic (exact) mass is 612 g/mol. The minimum absolute atomic E-state index is 0.239. The van der Waals surface area contributed by atoms with Gasteiger partial charge in [-0.3, -0.25) is 0 Å². The molecule has 0 aromatic heterocycles. The van der Waals surface area contributed by atoms with Gasteiger partial charge in [0.05, 0.1) is 48.7 Å². The third kappa shape index (κ3) is 13.7. The van der Waals surface area contributed by atoms with E-state index in [1.54, 1.807) is 62.4 Å². The molecule has 0 bridgehead atoms. The van der Waals surface area contributed by atoms with Gasteiger partial charge in [-0.2, -0.15) is 0 Å². The second-order valence-corrected chi connectivity index (χ2v) is 10.6. The molecule has 0 radical (unpaired) electrons. The first-order valence-corrected chi connectivity index (χ1v) is 16.1. The summed E-state index contributed by atoms with van der Waals surface area (Å²) in [5, 5.41) is 0. The molecule has 8 nitrogen and oxygen atoms in total. The quantitative estimate of drug-likeness (QED) is 0.122. The summed E-state index contributed by atoms with van der Waals surface area (Å²) in [7, 11) is 0. The molecule has 8 heteroatoms. The van der Waals surface area contributed by atoms with Crippen molar-refractivity contribution in [2.45, 2.75) is 92.9 Å². The van der Waals surface area contributed by atoms with Crippen LogP contribution in [-0.4, -0.2) is 50.3 Å². The number of carbonyl (C=O) groups is 4. The van der Waals surface area contributed by atoms with E-state index in [0.29, 0.717) is 36.2 Å². The summed E-state index contributed by atoms with van der Waals surface area (Å²) in [6.07, 6.45) is 8.61. The van der Waals surface area contributed by atoms with Gasteiger partial charge in [-0.05, 0) is 62.8 Å². The van der Waals surface area contributed by atoms with Crippen molar-refractivity contribution in [3.63, 3.8) is 0 Å². The molecular formula is C36H52O8. The highest BCUT2D eigenvalue weighted by Crippen LogP contribution is 2.18. The molecule has 0 spiro atoms. The molecule has 0 N–H and O–H groups in total. The number of benzene rings is 2. The first kappa shape index (κ1) is 38.3. The Morgan fingerprint density at radius 3 is 1.05 bits per heavy atom. The number of hydrogen-bond donors (Lipinski definition) is 0. The van der Waals surface area contributed by atoms with E-state index < -0.39 is 23.9 Å². The number of rotatable bonds is 18. The van der Waals surface area contributed by atoms with Crippen molar-refractivity contribution in [3.8, 4) is 0 Å². The maximum Gasteiger partial charge on any atom is 0.339 e. The van der Waals surface area contributed by atoms with Crippen LogP contribution in [0.5, 0.6) is 0 Å². The Bertz CT molecular complexity index is 1050. The van der Waals surface area contributed by atoms with Crippen LogP contribution in [0.15, 0.2) is 48.5 Å². The summed E-state index contributed by atoms with van der Waals surface area (Å²) in [5.74, 6) is -1.17. The second-order valence-electron chi connectivity index (χ2n) is 10.6. The number of ether oxygens (including phenoxy) is 4. The van der Waals surface area contributed by atoms with Crippen molar-refractivity contribution < 1.29 is 38.1 Å². The fourth-order valence-electron chi connectivity index (χ4n) is 4.43. The predicted molar refractivity (Wildman–Crippen MR) is 172 cm³/mol. The highest BCUT2D eigenvalue weighted by molar-refractivity contribution is 6.03. The van der Waals surface area contributed by atoms with Crippen LogP contribution in [0.3, 0.4) is 0 Å². The Morgan fingerprint density at radius 1 is 0.500 bits per heavy atom. The molecular weight excluding hydrogens is 560 g/mol. The Labute approximate surface area is 263 Å². The average molecular weight is 613 g/mol. The molecule has 0 fully saturated rings. The number of hydrogen-bond acceptors (Lipinski definition) is 8. The van der Waals surface area contributed by atoms with Crippen LogP contribution in [0, 0.1) is 11.8 Å². The van der Waals surface area contributed by atoms with Crippen LogP contribution in [0.4, 0.5) is 0 Å². The maximum absolute atomic E-state index is 12.6. The van der Waals surface area contributed by atoms with E-state index >= 15 is 0 Å². The number of esters is 4. The van der Waals surface area contributed by atoms with E-state index in [1.165, 1.54) is 0 Å². The van der Waals surface area contributed by atoms with Gasteiger partial charge in [-0.25, -0.2) is 19.2 Å². The van der Waals surface area contributed by atoms with Gasteiger partial charge in [0.25, 0.3) is 0 Å². The Morgan fingerprint density at radius 2 is 0.795 bits per heavy atom. The van der Waals surface area contributed by atoms with Gasteiger partial charge in [-0.15, -0.1) is 0 Å². The topological polar surface area (TPSA) is 105 Å². The lowest BCUT2D eigenvalue weighted by atomic mass is 10.0. The molecule has 2 atom stereocenters. The summed E-state index contributed by atoms with van der Waals surface area (Å²) >= 11 is 0. The van der Waals surface area contributed by atoms with Gasteiger partial charge in [0.2, 0.25) is 0 Å².